The fourth-order valence-corrected chi connectivity index (χ4v) is 3.42. The van der Waals surface area contributed by atoms with Crippen LogP contribution in [-0.2, 0) is 16.1 Å². The Hall–Kier alpha value is -1.66. The smallest absolute Gasteiger partial charge is 0.226 e. The van der Waals surface area contributed by atoms with Crippen LogP contribution in [0.3, 0.4) is 0 Å². The number of amides is 1. The first-order valence-corrected chi connectivity index (χ1v) is 8.65. The Bertz CT molecular complexity index is 588. The molecule has 1 aromatic rings. The van der Waals surface area contributed by atoms with Gasteiger partial charge in [0.05, 0.1) is 23.8 Å². The van der Waals surface area contributed by atoms with Crippen molar-refractivity contribution in [3.05, 3.63) is 29.6 Å². The van der Waals surface area contributed by atoms with Gasteiger partial charge in [-0.2, -0.15) is 0 Å². The van der Waals surface area contributed by atoms with Gasteiger partial charge in [-0.1, -0.05) is 6.07 Å². The number of anilines is 1. The van der Waals surface area contributed by atoms with E-state index in [-0.39, 0.29) is 29.9 Å². The number of aliphatic hydroxyl groups is 1. The Kier molecular flexibility index (Phi) is 5.36. The lowest BCUT2D eigenvalue weighted by Gasteiger charge is -2.31. The molecule has 2 aliphatic rings. The summed E-state index contributed by atoms with van der Waals surface area (Å²) in [5.74, 6) is -0.431. The van der Waals surface area contributed by atoms with E-state index in [0.717, 1.165) is 12.0 Å². The zero-order valence-electron chi connectivity index (χ0n) is 14.0. The molecule has 0 aliphatic carbocycles. The van der Waals surface area contributed by atoms with Gasteiger partial charge in [-0.3, -0.25) is 4.79 Å². The largest absolute Gasteiger partial charge is 0.393 e. The Morgan fingerprint density at radius 3 is 2.75 bits per heavy atom. The van der Waals surface area contributed by atoms with Crippen molar-refractivity contribution in [3.8, 4) is 0 Å². The molecule has 132 valence electrons. The molecular weight excluding hydrogens is 311 g/mol. The SMILES string of the molecule is CC1OCCC1C(=O)NCc1ccc(N2CCC(O)CC2)c(F)c1. The number of piperidine rings is 1. The van der Waals surface area contributed by atoms with Crippen LogP contribution >= 0.6 is 0 Å². The van der Waals surface area contributed by atoms with E-state index in [2.05, 4.69) is 5.32 Å². The number of ether oxygens (including phenoxy) is 1. The van der Waals surface area contributed by atoms with Crippen LogP contribution in [0.2, 0.25) is 0 Å². The topological polar surface area (TPSA) is 61.8 Å². The summed E-state index contributed by atoms with van der Waals surface area (Å²) in [7, 11) is 0. The molecule has 2 saturated heterocycles. The third-order valence-corrected chi connectivity index (χ3v) is 5.00. The van der Waals surface area contributed by atoms with Crippen molar-refractivity contribution < 1.29 is 19.0 Å². The molecular formula is C18H25FN2O3. The predicted octanol–water partition coefficient (Wildman–Crippen LogP) is 1.83. The van der Waals surface area contributed by atoms with Crippen molar-refractivity contribution in [2.45, 2.75) is 44.9 Å². The minimum atomic E-state index is -0.282. The van der Waals surface area contributed by atoms with Crippen LogP contribution in [0, 0.1) is 11.7 Å². The molecule has 2 unspecified atom stereocenters. The minimum absolute atomic E-state index is 0.0329. The van der Waals surface area contributed by atoms with Crippen LogP contribution in [0.4, 0.5) is 10.1 Å². The van der Waals surface area contributed by atoms with Gasteiger partial charge in [0.1, 0.15) is 5.82 Å². The second kappa shape index (κ2) is 7.49. The second-order valence-corrected chi connectivity index (χ2v) is 6.69. The molecule has 0 bridgehead atoms. The van der Waals surface area contributed by atoms with E-state index in [0.29, 0.717) is 44.8 Å². The lowest BCUT2D eigenvalue weighted by molar-refractivity contribution is -0.126. The average Bonchev–Trinajstić information content (AvgIpc) is 3.00. The number of nitrogens with zero attached hydrogens (tertiary/aromatic N) is 1. The molecule has 2 N–H and O–H groups in total. The Morgan fingerprint density at radius 2 is 2.12 bits per heavy atom. The highest BCUT2D eigenvalue weighted by Gasteiger charge is 2.30. The van der Waals surface area contributed by atoms with Gasteiger partial charge in [0.25, 0.3) is 0 Å². The normalized spacial score (nSPS) is 25.0. The van der Waals surface area contributed by atoms with Crippen molar-refractivity contribution in [2.24, 2.45) is 5.92 Å². The summed E-state index contributed by atoms with van der Waals surface area (Å²) in [6.45, 7) is 4.16. The van der Waals surface area contributed by atoms with Crippen LogP contribution in [0.5, 0.6) is 0 Å². The van der Waals surface area contributed by atoms with Crippen molar-refractivity contribution in [1.29, 1.82) is 0 Å². The van der Waals surface area contributed by atoms with Crippen molar-refractivity contribution in [3.63, 3.8) is 0 Å². The Morgan fingerprint density at radius 1 is 1.38 bits per heavy atom. The number of hydrogen-bond acceptors (Lipinski definition) is 4. The molecule has 1 amide bonds. The average molecular weight is 336 g/mol. The van der Waals surface area contributed by atoms with Crippen LogP contribution in [-0.4, -0.2) is 42.9 Å². The van der Waals surface area contributed by atoms with Crippen LogP contribution in [0.25, 0.3) is 0 Å². The molecule has 0 saturated carbocycles. The Labute approximate surface area is 141 Å². The number of carbonyl (C=O) groups excluding carboxylic acids is 1. The van der Waals surface area contributed by atoms with E-state index in [4.69, 9.17) is 4.74 Å². The highest BCUT2D eigenvalue weighted by Crippen LogP contribution is 2.25. The summed E-state index contributed by atoms with van der Waals surface area (Å²) >= 11 is 0. The summed E-state index contributed by atoms with van der Waals surface area (Å²) in [6, 6.07) is 5.09. The van der Waals surface area contributed by atoms with Crippen LogP contribution in [0.1, 0.15) is 31.7 Å². The Balaban J connectivity index is 1.57. The standard InChI is InChI=1S/C18H25FN2O3/c1-12-15(6-9-24-12)18(23)20-11-13-2-3-17(16(19)10-13)21-7-4-14(22)5-8-21/h2-3,10,12,14-15,22H,4-9,11H2,1H3,(H,20,23). The van der Waals surface area contributed by atoms with E-state index in [9.17, 15) is 14.3 Å². The van der Waals surface area contributed by atoms with E-state index in [1.54, 1.807) is 6.07 Å². The zero-order chi connectivity index (χ0) is 17.1. The maximum absolute atomic E-state index is 14.4. The molecule has 3 rings (SSSR count). The first-order valence-electron chi connectivity index (χ1n) is 8.65. The van der Waals surface area contributed by atoms with E-state index >= 15 is 0 Å². The molecule has 0 spiro atoms. The van der Waals surface area contributed by atoms with Gasteiger partial charge in [-0.25, -0.2) is 4.39 Å². The zero-order valence-corrected chi connectivity index (χ0v) is 14.0. The van der Waals surface area contributed by atoms with Gasteiger partial charge in [0.15, 0.2) is 0 Å². The van der Waals surface area contributed by atoms with Gasteiger partial charge < -0.3 is 20.1 Å². The minimum Gasteiger partial charge on any atom is -0.393 e. The molecule has 2 fully saturated rings. The molecule has 0 radical (unpaired) electrons. The first-order chi connectivity index (χ1) is 11.5. The lowest BCUT2D eigenvalue weighted by Crippen LogP contribution is -2.36. The summed E-state index contributed by atoms with van der Waals surface area (Å²) in [6.07, 6.45) is 1.73. The van der Waals surface area contributed by atoms with Crippen LogP contribution in [0.15, 0.2) is 18.2 Å². The number of halogens is 1. The third kappa shape index (κ3) is 3.87. The highest BCUT2D eigenvalue weighted by molar-refractivity contribution is 5.79. The van der Waals surface area contributed by atoms with Gasteiger partial charge in [0.2, 0.25) is 5.91 Å². The lowest BCUT2D eigenvalue weighted by atomic mass is 10.0. The number of nitrogens with one attached hydrogen (secondary N) is 1. The predicted molar refractivity (Wildman–Crippen MR) is 89.2 cm³/mol. The van der Waals surface area contributed by atoms with Gasteiger partial charge in [-0.05, 0) is 43.9 Å². The van der Waals surface area contributed by atoms with Gasteiger partial charge >= 0.3 is 0 Å². The molecule has 1 aromatic carbocycles. The fraction of sp³-hybridized carbons (Fsp3) is 0.611. The number of rotatable bonds is 4. The van der Waals surface area contributed by atoms with E-state index in [1.165, 1.54) is 6.07 Å². The van der Waals surface area contributed by atoms with Crippen molar-refractivity contribution in [2.75, 3.05) is 24.6 Å². The number of carbonyl (C=O) groups is 1. The molecule has 2 heterocycles. The highest BCUT2D eigenvalue weighted by atomic mass is 19.1. The quantitative estimate of drug-likeness (QED) is 0.881. The van der Waals surface area contributed by atoms with E-state index in [1.807, 2.05) is 17.9 Å². The molecule has 24 heavy (non-hydrogen) atoms. The summed E-state index contributed by atoms with van der Waals surface area (Å²) in [5.41, 5.74) is 1.31. The molecule has 2 aliphatic heterocycles. The number of benzene rings is 1. The maximum atomic E-state index is 14.4. The van der Waals surface area contributed by atoms with Crippen molar-refractivity contribution >= 4 is 11.6 Å². The van der Waals surface area contributed by atoms with Crippen molar-refractivity contribution in [1.82, 2.24) is 5.32 Å². The molecule has 6 heteroatoms. The van der Waals surface area contributed by atoms with Crippen LogP contribution < -0.4 is 10.2 Å². The number of aliphatic hydroxyl groups excluding tert-OH is 1. The number of hydrogen-bond donors (Lipinski definition) is 2. The molecule has 0 aromatic heterocycles. The van der Waals surface area contributed by atoms with Gasteiger partial charge in [0, 0.05) is 26.2 Å². The third-order valence-electron chi connectivity index (χ3n) is 5.00. The summed E-state index contributed by atoms with van der Waals surface area (Å²) < 4.78 is 19.8. The summed E-state index contributed by atoms with van der Waals surface area (Å²) in [4.78, 5) is 14.1. The monoisotopic (exact) mass is 336 g/mol. The summed E-state index contributed by atoms with van der Waals surface area (Å²) in [5, 5.41) is 12.4. The molecule has 5 nitrogen and oxygen atoms in total. The fourth-order valence-electron chi connectivity index (χ4n) is 3.42. The maximum Gasteiger partial charge on any atom is 0.226 e. The molecule has 2 atom stereocenters. The first kappa shape index (κ1) is 17.2. The van der Waals surface area contributed by atoms with Gasteiger partial charge in [-0.15, -0.1) is 0 Å². The second-order valence-electron chi connectivity index (χ2n) is 6.69. The van der Waals surface area contributed by atoms with E-state index < -0.39 is 0 Å².